The molecule has 1 amide bonds. The number of halogens is 1. The second-order valence-corrected chi connectivity index (χ2v) is 9.33. The van der Waals surface area contributed by atoms with Crippen LogP contribution in [0.15, 0.2) is 47.4 Å². The second-order valence-electron chi connectivity index (χ2n) is 7.40. The molecule has 2 aromatic carbocycles. The monoisotopic (exact) mass is 464 g/mol. The summed E-state index contributed by atoms with van der Waals surface area (Å²) >= 11 is 0. The Balaban J connectivity index is 2.14. The number of aryl methyl sites for hydroxylation is 1. The molecule has 0 fully saturated rings. The first-order chi connectivity index (χ1) is 15.0. The van der Waals surface area contributed by atoms with Gasteiger partial charge in [0.1, 0.15) is 5.82 Å². The van der Waals surface area contributed by atoms with Crippen LogP contribution in [0.5, 0.6) is 0 Å². The summed E-state index contributed by atoms with van der Waals surface area (Å²) in [4.78, 5) is 25.2. The summed E-state index contributed by atoms with van der Waals surface area (Å²) < 4.78 is 45.2. The predicted molar refractivity (Wildman–Crippen MR) is 119 cm³/mol. The predicted octanol–water partition coefficient (Wildman–Crippen LogP) is 3.59. The molecule has 2 atom stereocenters. The van der Waals surface area contributed by atoms with Crippen LogP contribution >= 0.6 is 0 Å². The summed E-state index contributed by atoms with van der Waals surface area (Å²) in [5.41, 5.74) is 1.30. The minimum atomic E-state index is -3.75. The van der Waals surface area contributed by atoms with Crippen molar-refractivity contribution in [3.63, 3.8) is 0 Å². The van der Waals surface area contributed by atoms with E-state index in [1.165, 1.54) is 41.6 Å². The van der Waals surface area contributed by atoms with E-state index in [2.05, 4.69) is 5.32 Å². The second kappa shape index (κ2) is 10.7. The lowest BCUT2D eigenvalue weighted by Crippen LogP contribution is -2.37. The molecule has 2 rings (SSSR count). The van der Waals surface area contributed by atoms with Gasteiger partial charge in [0.15, 0.2) is 6.10 Å². The Morgan fingerprint density at radius 1 is 1.06 bits per heavy atom. The first-order valence-corrected chi connectivity index (χ1v) is 11.8. The minimum absolute atomic E-state index is 0.0132. The summed E-state index contributed by atoms with van der Waals surface area (Å²) in [6.07, 6.45) is -1.12. The van der Waals surface area contributed by atoms with E-state index in [0.29, 0.717) is 24.2 Å². The van der Waals surface area contributed by atoms with Crippen molar-refractivity contribution in [3.8, 4) is 0 Å². The summed E-state index contributed by atoms with van der Waals surface area (Å²) in [6, 6.07) is 9.54. The van der Waals surface area contributed by atoms with E-state index >= 15 is 0 Å². The molecule has 0 bridgehead atoms. The zero-order valence-electron chi connectivity index (χ0n) is 18.9. The molecule has 0 spiro atoms. The summed E-state index contributed by atoms with van der Waals surface area (Å²) in [5, 5.41) is 2.71. The number of carbonyl (C=O) groups is 2. The van der Waals surface area contributed by atoms with E-state index in [-0.39, 0.29) is 16.3 Å². The van der Waals surface area contributed by atoms with Gasteiger partial charge in [-0.05, 0) is 56.2 Å². The molecule has 9 heteroatoms. The lowest BCUT2D eigenvalue weighted by molar-refractivity contribution is -0.129. The van der Waals surface area contributed by atoms with Crippen molar-refractivity contribution in [2.45, 2.75) is 51.7 Å². The van der Waals surface area contributed by atoms with Gasteiger partial charge < -0.3 is 10.1 Å². The first-order valence-electron chi connectivity index (χ1n) is 10.4. The van der Waals surface area contributed by atoms with Crippen molar-refractivity contribution >= 4 is 21.9 Å². The number of hydrogen-bond donors (Lipinski definition) is 1. The van der Waals surface area contributed by atoms with Gasteiger partial charge in [0.2, 0.25) is 10.0 Å². The molecule has 2 unspecified atom stereocenters. The highest BCUT2D eigenvalue weighted by Crippen LogP contribution is 2.21. The van der Waals surface area contributed by atoms with E-state index in [1.807, 2.05) is 0 Å². The van der Waals surface area contributed by atoms with E-state index < -0.39 is 34.0 Å². The molecule has 0 radical (unpaired) electrons. The highest BCUT2D eigenvalue weighted by molar-refractivity contribution is 7.89. The van der Waals surface area contributed by atoms with Crippen molar-refractivity contribution in [2.24, 2.45) is 0 Å². The summed E-state index contributed by atoms with van der Waals surface area (Å²) in [5.74, 6) is -1.70. The van der Waals surface area contributed by atoms with E-state index in [1.54, 1.807) is 39.8 Å². The molecule has 0 aliphatic carbocycles. The van der Waals surface area contributed by atoms with Crippen LogP contribution in [0.25, 0.3) is 0 Å². The van der Waals surface area contributed by atoms with Gasteiger partial charge >= 0.3 is 5.97 Å². The number of sulfonamides is 1. The molecule has 0 saturated heterocycles. The quantitative estimate of drug-likeness (QED) is 0.573. The van der Waals surface area contributed by atoms with E-state index in [9.17, 15) is 22.4 Å². The largest absolute Gasteiger partial charge is 0.449 e. The SMILES string of the molecule is CCN(CC)S(=O)(=O)c1ccc(C)c(C(=O)OC(C)C(=O)NC(C)c2ccc(F)cc2)c1. The third-order valence-corrected chi connectivity index (χ3v) is 7.20. The van der Waals surface area contributed by atoms with Crippen molar-refractivity contribution in [1.82, 2.24) is 9.62 Å². The molecular formula is C23H29FN2O5S. The molecule has 0 heterocycles. The highest BCUT2D eigenvalue weighted by Gasteiger charge is 2.26. The maximum atomic E-state index is 13.1. The van der Waals surface area contributed by atoms with Gasteiger partial charge in [-0.1, -0.05) is 32.0 Å². The minimum Gasteiger partial charge on any atom is -0.449 e. The summed E-state index contributed by atoms with van der Waals surface area (Å²) in [6.45, 7) is 8.88. The van der Waals surface area contributed by atoms with Crippen LogP contribution in [0.3, 0.4) is 0 Å². The lowest BCUT2D eigenvalue weighted by Gasteiger charge is -2.20. The lowest BCUT2D eigenvalue weighted by atomic mass is 10.1. The number of rotatable bonds is 9. The Morgan fingerprint density at radius 3 is 2.22 bits per heavy atom. The molecule has 0 aliphatic heterocycles. The molecule has 1 N–H and O–H groups in total. The number of benzene rings is 2. The normalized spacial score (nSPS) is 13.5. The molecule has 0 aromatic heterocycles. The fourth-order valence-electron chi connectivity index (χ4n) is 3.14. The fourth-order valence-corrected chi connectivity index (χ4v) is 4.62. The number of ether oxygens (including phenoxy) is 1. The van der Waals surface area contributed by atoms with Crippen LogP contribution in [0.2, 0.25) is 0 Å². The zero-order chi connectivity index (χ0) is 24.1. The smallest absolute Gasteiger partial charge is 0.339 e. The van der Waals surface area contributed by atoms with Crippen LogP contribution in [-0.2, 0) is 19.6 Å². The molecule has 174 valence electrons. The van der Waals surface area contributed by atoms with Gasteiger partial charge in [0.05, 0.1) is 16.5 Å². The molecule has 32 heavy (non-hydrogen) atoms. The van der Waals surface area contributed by atoms with Crippen molar-refractivity contribution in [1.29, 1.82) is 0 Å². The van der Waals surface area contributed by atoms with E-state index in [4.69, 9.17) is 4.74 Å². The molecule has 7 nitrogen and oxygen atoms in total. The van der Waals surface area contributed by atoms with Gasteiger partial charge in [-0.2, -0.15) is 4.31 Å². The zero-order valence-corrected chi connectivity index (χ0v) is 19.7. The summed E-state index contributed by atoms with van der Waals surface area (Å²) in [7, 11) is -3.75. The average molecular weight is 465 g/mol. The topological polar surface area (TPSA) is 92.8 Å². The van der Waals surface area contributed by atoms with Crippen molar-refractivity contribution in [2.75, 3.05) is 13.1 Å². The van der Waals surface area contributed by atoms with Crippen LogP contribution < -0.4 is 5.32 Å². The van der Waals surface area contributed by atoms with Crippen LogP contribution in [0.4, 0.5) is 4.39 Å². The Bertz CT molecular complexity index is 1070. The average Bonchev–Trinajstić information content (AvgIpc) is 2.74. The third-order valence-electron chi connectivity index (χ3n) is 5.15. The molecule has 2 aromatic rings. The molecule has 0 aliphatic rings. The van der Waals surface area contributed by atoms with Crippen LogP contribution in [-0.4, -0.2) is 43.8 Å². The first kappa shape index (κ1) is 25.5. The number of esters is 1. The number of amides is 1. The van der Waals surface area contributed by atoms with Crippen LogP contribution in [0.1, 0.15) is 55.2 Å². The Hall–Kier alpha value is -2.78. The maximum absolute atomic E-state index is 13.1. The Labute approximate surface area is 188 Å². The van der Waals surface area contributed by atoms with Crippen molar-refractivity contribution < 1.29 is 27.1 Å². The van der Waals surface area contributed by atoms with Crippen LogP contribution in [0, 0.1) is 12.7 Å². The van der Waals surface area contributed by atoms with E-state index in [0.717, 1.165) is 0 Å². The number of carbonyl (C=O) groups excluding carboxylic acids is 2. The molecular weight excluding hydrogens is 435 g/mol. The molecule has 0 saturated carbocycles. The number of nitrogens with one attached hydrogen (secondary N) is 1. The fraction of sp³-hybridized carbons (Fsp3) is 0.391. The van der Waals surface area contributed by atoms with Gasteiger partial charge in [0.25, 0.3) is 5.91 Å². The van der Waals surface area contributed by atoms with Gasteiger partial charge in [0, 0.05) is 13.1 Å². The van der Waals surface area contributed by atoms with Gasteiger partial charge in [-0.3, -0.25) is 4.79 Å². The highest BCUT2D eigenvalue weighted by atomic mass is 32.2. The van der Waals surface area contributed by atoms with Crippen molar-refractivity contribution in [3.05, 3.63) is 65.0 Å². The number of hydrogen-bond acceptors (Lipinski definition) is 5. The Kier molecular flexibility index (Phi) is 8.51. The standard InChI is InChI=1S/C23H29FN2O5S/c1-6-26(7-2)32(29,30)20-13-8-15(3)21(14-20)23(28)31-17(5)22(27)25-16(4)18-9-11-19(24)12-10-18/h8-14,16-17H,6-7H2,1-5H3,(H,25,27). The maximum Gasteiger partial charge on any atom is 0.339 e. The number of nitrogens with zero attached hydrogens (tertiary/aromatic N) is 1. The van der Waals surface area contributed by atoms with Gasteiger partial charge in [-0.15, -0.1) is 0 Å². The Morgan fingerprint density at radius 2 is 1.66 bits per heavy atom. The van der Waals surface area contributed by atoms with Gasteiger partial charge in [-0.25, -0.2) is 17.6 Å². The third kappa shape index (κ3) is 5.92.